The van der Waals surface area contributed by atoms with Crippen LogP contribution in [0.3, 0.4) is 0 Å². The van der Waals surface area contributed by atoms with Gasteiger partial charge in [-0.2, -0.15) is 0 Å². The highest BCUT2D eigenvalue weighted by Crippen LogP contribution is 2.21. The maximum Gasteiger partial charge on any atom is 0.137 e. The fraction of sp³-hybridized carbons (Fsp3) is 0.294. The van der Waals surface area contributed by atoms with Gasteiger partial charge in [0.25, 0.3) is 0 Å². The van der Waals surface area contributed by atoms with Crippen LogP contribution in [0.1, 0.15) is 25.0 Å². The minimum absolute atomic E-state index is 0.264. The second-order valence-electron chi connectivity index (χ2n) is 5.18. The summed E-state index contributed by atoms with van der Waals surface area (Å²) in [6.45, 7) is 5.40. The first-order valence-electron chi connectivity index (χ1n) is 6.94. The summed E-state index contributed by atoms with van der Waals surface area (Å²) in [6, 6.07) is 13.3. The van der Waals surface area contributed by atoms with E-state index in [1.54, 1.807) is 12.1 Å². The number of hydrogen-bond donors (Lipinski definition) is 1. The average Bonchev–Trinajstić information content (AvgIpc) is 2.47. The third-order valence-corrected chi connectivity index (χ3v) is 3.66. The Morgan fingerprint density at radius 2 is 1.95 bits per heavy atom. The molecule has 0 unspecified atom stereocenters. The zero-order chi connectivity index (χ0) is 15.2. The van der Waals surface area contributed by atoms with Crippen LogP contribution in [0, 0.1) is 5.82 Å². The van der Waals surface area contributed by atoms with Crippen LogP contribution in [0.25, 0.3) is 0 Å². The second-order valence-corrected chi connectivity index (χ2v) is 6.03. The van der Waals surface area contributed by atoms with Crippen molar-refractivity contribution in [2.75, 3.05) is 0 Å². The molecule has 0 saturated carbocycles. The summed E-state index contributed by atoms with van der Waals surface area (Å²) < 4.78 is 19.5. The van der Waals surface area contributed by atoms with Gasteiger partial charge in [0.2, 0.25) is 0 Å². The fourth-order valence-corrected chi connectivity index (χ4v) is 2.32. The van der Waals surface area contributed by atoms with E-state index in [-0.39, 0.29) is 5.82 Å². The molecular formula is C17H19BrFNO. The molecule has 0 amide bonds. The molecule has 0 aromatic heterocycles. The zero-order valence-electron chi connectivity index (χ0n) is 12.2. The van der Waals surface area contributed by atoms with Gasteiger partial charge in [-0.3, -0.25) is 0 Å². The molecule has 112 valence electrons. The van der Waals surface area contributed by atoms with E-state index >= 15 is 0 Å². The van der Waals surface area contributed by atoms with Crippen LogP contribution in [0.15, 0.2) is 46.9 Å². The third-order valence-electron chi connectivity index (χ3n) is 3.05. The maximum atomic E-state index is 13.2. The molecule has 21 heavy (non-hydrogen) atoms. The number of ether oxygens (including phenoxy) is 1. The van der Waals surface area contributed by atoms with Gasteiger partial charge in [-0.25, -0.2) is 4.39 Å². The van der Waals surface area contributed by atoms with Crippen molar-refractivity contribution in [3.63, 3.8) is 0 Å². The van der Waals surface area contributed by atoms with E-state index in [4.69, 9.17) is 4.74 Å². The van der Waals surface area contributed by atoms with Crippen molar-refractivity contribution >= 4 is 15.9 Å². The van der Waals surface area contributed by atoms with Gasteiger partial charge in [0.1, 0.15) is 18.2 Å². The molecule has 2 aromatic carbocycles. The Bertz CT molecular complexity index is 601. The van der Waals surface area contributed by atoms with Crippen molar-refractivity contribution < 1.29 is 9.13 Å². The lowest BCUT2D eigenvalue weighted by Crippen LogP contribution is -2.22. The maximum absolute atomic E-state index is 13.2. The average molecular weight is 352 g/mol. The van der Waals surface area contributed by atoms with E-state index in [1.165, 1.54) is 6.07 Å². The van der Waals surface area contributed by atoms with Gasteiger partial charge in [0.15, 0.2) is 0 Å². The summed E-state index contributed by atoms with van der Waals surface area (Å²) in [5.41, 5.74) is 2.04. The van der Waals surface area contributed by atoms with E-state index in [2.05, 4.69) is 35.1 Å². The predicted octanol–water partition coefficient (Wildman–Crippen LogP) is 4.67. The first kappa shape index (κ1) is 16.0. The topological polar surface area (TPSA) is 21.3 Å². The van der Waals surface area contributed by atoms with Crippen molar-refractivity contribution in [1.82, 2.24) is 5.32 Å². The number of benzene rings is 2. The fourth-order valence-electron chi connectivity index (χ4n) is 1.90. The monoisotopic (exact) mass is 351 g/mol. The summed E-state index contributed by atoms with van der Waals surface area (Å²) in [6.07, 6.45) is 0. The van der Waals surface area contributed by atoms with Gasteiger partial charge < -0.3 is 10.1 Å². The van der Waals surface area contributed by atoms with E-state index in [0.29, 0.717) is 17.1 Å². The van der Waals surface area contributed by atoms with Crippen molar-refractivity contribution in [2.45, 2.75) is 33.0 Å². The van der Waals surface area contributed by atoms with Crippen molar-refractivity contribution in [3.8, 4) is 5.75 Å². The van der Waals surface area contributed by atoms with Crippen LogP contribution in [-0.2, 0) is 13.2 Å². The molecule has 1 N–H and O–H groups in total. The number of para-hydroxylation sites is 1. The van der Waals surface area contributed by atoms with Crippen LogP contribution in [-0.4, -0.2) is 6.04 Å². The van der Waals surface area contributed by atoms with Crippen LogP contribution < -0.4 is 10.1 Å². The van der Waals surface area contributed by atoms with E-state index in [1.807, 2.05) is 24.3 Å². The Labute approximate surface area is 133 Å². The minimum Gasteiger partial charge on any atom is -0.489 e. The molecular weight excluding hydrogens is 333 g/mol. The molecule has 0 atom stereocenters. The molecule has 0 aliphatic heterocycles. The van der Waals surface area contributed by atoms with Gasteiger partial charge in [0, 0.05) is 18.2 Å². The highest BCUT2D eigenvalue weighted by atomic mass is 79.9. The summed E-state index contributed by atoms with van der Waals surface area (Å²) in [7, 11) is 0. The first-order chi connectivity index (χ1) is 10.1. The van der Waals surface area contributed by atoms with Gasteiger partial charge in [-0.1, -0.05) is 38.1 Å². The molecule has 2 rings (SSSR count). The Kier molecular flexibility index (Phi) is 5.76. The molecule has 0 aliphatic carbocycles. The third kappa shape index (κ3) is 4.83. The number of rotatable bonds is 6. The van der Waals surface area contributed by atoms with E-state index < -0.39 is 0 Å². The number of hydrogen-bond acceptors (Lipinski definition) is 2. The molecule has 0 spiro atoms. The smallest absolute Gasteiger partial charge is 0.137 e. The van der Waals surface area contributed by atoms with Crippen LogP contribution in [0.2, 0.25) is 0 Å². The van der Waals surface area contributed by atoms with Crippen LogP contribution >= 0.6 is 15.9 Å². The van der Waals surface area contributed by atoms with Crippen molar-refractivity contribution in [2.24, 2.45) is 0 Å². The van der Waals surface area contributed by atoms with E-state index in [9.17, 15) is 4.39 Å². The van der Waals surface area contributed by atoms with Crippen LogP contribution in [0.4, 0.5) is 4.39 Å². The lowest BCUT2D eigenvalue weighted by Gasteiger charge is -2.14. The van der Waals surface area contributed by atoms with Crippen LogP contribution in [0.5, 0.6) is 5.75 Å². The highest BCUT2D eigenvalue weighted by molar-refractivity contribution is 9.10. The molecule has 0 bridgehead atoms. The Morgan fingerprint density at radius 3 is 2.67 bits per heavy atom. The second kappa shape index (κ2) is 7.57. The SMILES string of the molecule is CC(C)NCc1ccccc1OCc1ccc(F)c(Br)c1. The Hall–Kier alpha value is -1.39. The zero-order valence-corrected chi connectivity index (χ0v) is 13.8. The summed E-state index contributed by atoms with van der Waals surface area (Å²) in [5, 5.41) is 3.38. The van der Waals surface area contributed by atoms with Gasteiger partial charge in [-0.15, -0.1) is 0 Å². The molecule has 2 aromatic rings. The molecule has 4 heteroatoms. The lowest BCUT2D eigenvalue weighted by atomic mass is 10.2. The normalized spacial score (nSPS) is 10.9. The molecule has 2 nitrogen and oxygen atoms in total. The molecule has 0 aliphatic rings. The van der Waals surface area contributed by atoms with Gasteiger partial charge in [-0.05, 0) is 39.7 Å². The number of halogens is 2. The van der Waals surface area contributed by atoms with Gasteiger partial charge in [0.05, 0.1) is 4.47 Å². The standard InChI is InChI=1S/C17H19BrFNO/c1-12(2)20-10-14-5-3-4-6-17(14)21-11-13-7-8-16(19)15(18)9-13/h3-9,12,20H,10-11H2,1-2H3. The van der Waals surface area contributed by atoms with Crippen molar-refractivity contribution in [3.05, 3.63) is 63.9 Å². The quantitative estimate of drug-likeness (QED) is 0.816. The summed E-state index contributed by atoms with van der Waals surface area (Å²) >= 11 is 3.19. The molecule has 0 saturated heterocycles. The highest BCUT2D eigenvalue weighted by Gasteiger charge is 2.05. The largest absolute Gasteiger partial charge is 0.489 e. The van der Waals surface area contributed by atoms with Gasteiger partial charge >= 0.3 is 0 Å². The summed E-state index contributed by atoms with van der Waals surface area (Å²) in [4.78, 5) is 0. The minimum atomic E-state index is -0.264. The molecule has 0 fully saturated rings. The number of nitrogens with one attached hydrogen (secondary N) is 1. The van der Waals surface area contributed by atoms with Crippen molar-refractivity contribution in [1.29, 1.82) is 0 Å². The first-order valence-corrected chi connectivity index (χ1v) is 7.73. The van der Waals surface area contributed by atoms with E-state index in [0.717, 1.165) is 23.4 Å². The summed E-state index contributed by atoms with van der Waals surface area (Å²) in [5.74, 6) is 0.589. The lowest BCUT2D eigenvalue weighted by molar-refractivity contribution is 0.301. The Morgan fingerprint density at radius 1 is 1.19 bits per heavy atom. The predicted molar refractivity (Wildman–Crippen MR) is 86.8 cm³/mol. The Balaban J connectivity index is 2.03. The molecule has 0 radical (unpaired) electrons. The molecule has 0 heterocycles.